The van der Waals surface area contributed by atoms with Crippen molar-refractivity contribution in [3.05, 3.63) is 64.6 Å². The lowest BCUT2D eigenvalue weighted by Crippen LogP contribution is -2.15. The summed E-state index contributed by atoms with van der Waals surface area (Å²) in [5.74, 6) is -0.304. The molecular weight excluding hydrogens is 367 g/mol. The first-order valence-corrected chi connectivity index (χ1v) is 8.28. The summed E-state index contributed by atoms with van der Waals surface area (Å²) >= 11 is 5.90. The Balaban J connectivity index is 1.83. The number of aryl methyl sites for hydroxylation is 1. The van der Waals surface area contributed by atoms with Crippen LogP contribution < -0.4 is 5.32 Å². The van der Waals surface area contributed by atoms with Gasteiger partial charge in [0.25, 0.3) is 0 Å². The number of halogens is 4. The van der Waals surface area contributed by atoms with Crippen molar-refractivity contribution in [1.29, 1.82) is 0 Å². The van der Waals surface area contributed by atoms with E-state index in [-0.39, 0.29) is 23.0 Å². The van der Waals surface area contributed by atoms with Crippen LogP contribution >= 0.6 is 11.6 Å². The van der Waals surface area contributed by atoms with E-state index in [1.807, 2.05) is 25.1 Å². The van der Waals surface area contributed by atoms with Crippen LogP contribution in [-0.4, -0.2) is 15.3 Å². The molecule has 0 aliphatic rings. The van der Waals surface area contributed by atoms with E-state index in [2.05, 4.69) is 10.3 Å². The molecule has 1 aromatic carbocycles. The molecule has 2 aromatic heterocycles. The van der Waals surface area contributed by atoms with Crippen LogP contribution in [0.15, 0.2) is 42.7 Å². The van der Waals surface area contributed by atoms with Crippen LogP contribution in [0.5, 0.6) is 0 Å². The predicted molar refractivity (Wildman–Crippen MR) is 93.4 cm³/mol. The predicted octanol–water partition coefficient (Wildman–Crippen LogP) is 4.75. The molecule has 1 N–H and O–H groups in total. The Morgan fingerprint density at radius 3 is 2.69 bits per heavy atom. The van der Waals surface area contributed by atoms with Crippen molar-refractivity contribution in [3.8, 4) is 0 Å². The molecule has 0 unspecified atom stereocenters. The lowest BCUT2D eigenvalue weighted by Gasteiger charge is -2.08. The van der Waals surface area contributed by atoms with Gasteiger partial charge in [0.1, 0.15) is 0 Å². The Hall–Kier alpha value is -2.54. The van der Waals surface area contributed by atoms with Gasteiger partial charge in [0.15, 0.2) is 5.65 Å². The molecule has 3 aromatic rings. The molecule has 0 saturated carbocycles. The number of alkyl halides is 3. The molecule has 0 fully saturated rings. The van der Waals surface area contributed by atoms with Gasteiger partial charge < -0.3 is 9.72 Å². The average Bonchev–Trinajstić information content (AvgIpc) is 2.97. The number of hydrogen-bond acceptors (Lipinski definition) is 2. The Bertz CT molecular complexity index is 966. The fourth-order valence-electron chi connectivity index (χ4n) is 2.66. The standard InChI is InChI=1S/C18H15ClF3N3O/c1-2-11-5-3-4-6-15(11)24-16(26)8-13-10-25-9-12(18(20,21)22)7-14(19)17(25)23-13/h3-7,9-10H,2,8H2,1H3,(H,24,26). The monoisotopic (exact) mass is 381 g/mol. The Labute approximate surface area is 152 Å². The second kappa shape index (κ2) is 6.99. The second-order valence-corrected chi connectivity index (χ2v) is 6.18. The van der Waals surface area contributed by atoms with Gasteiger partial charge in [-0.15, -0.1) is 0 Å². The highest BCUT2D eigenvalue weighted by molar-refractivity contribution is 6.33. The zero-order valence-corrected chi connectivity index (χ0v) is 14.5. The summed E-state index contributed by atoms with van der Waals surface area (Å²) in [5.41, 5.74) is 1.34. The van der Waals surface area contributed by atoms with Crippen LogP contribution in [0.3, 0.4) is 0 Å². The highest BCUT2D eigenvalue weighted by atomic mass is 35.5. The molecule has 0 bridgehead atoms. The Kier molecular flexibility index (Phi) is 4.91. The topological polar surface area (TPSA) is 46.4 Å². The van der Waals surface area contributed by atoms with E-state index >= 15 is 0 Å². The van der Waals surface area contributed by atoms with Crippen LogP contribution in [0.4, 0.5) is 18.9 Å². The number of carbonyl (C=O) groups is 1. The molecule has 0 aliphatic heterocycles. The first kappa shape index (κ1) is 18.3. The van der Waals surface area contributed by atoms with Gasteiger partial charge in [0.05, 0.1) is 22.7 Å². The number of anilines is 1. The van der Waals surface area contributed by atoms with Crippen LogP contribution in [0.25, 0.3) is 5.65 Å². The fourth-order valence-corrected chi connectivity index (χ4v) is 2.91. The quantitative estimate of drug-likeness (QED) is 0.709. The highest BCUT2D eigenvalue weighted by Gasteiger charge is 2.32. The third-order valence-corrected chi connectivity index (χ3v) is 4.18. The van der Waals surface area contributed by atoms with E-state index < -0.39 is 11.7 Å². The maximum absolute atomic E-state index is 12.9. The van der Waals surface area contributed by atoms with Gasteiger partial charge in [0.2, 0.25) is 5.91 Å². The first-order valence-electron chi connectivity index (χ1n) is 7.90. The summed E-state index contributed by atoms with van der Waals surface area (Å²) in [6.07, 6.45) is -1.54. The molecule has 0 atom stereocenters. The molecule has 4 nitrogen and oxygen atoms in total. The molecule has 0 spiro atoms. The van der Waals surface area contributed by atoms with E-state index in [0.29, 0.717) is 11.4 Å². The zero-order valence-electron chi connectivity index (χ0n) is 13.8. The molecule has 1 amide bonds. The number of pyridine rings is 1. The normalized spacial score (nSPS) is 11.7. The largest absolute Gasteiger partial charge is 0.417 e. The molecule has 8 heteroatoms. The summed E-state index contributed by atoms with van der Waals surface area (Å²) in [6, 6.07) is 8.24. The number of para-hydroxylation sites is 1. The zero-order chi connectivity index (χ0) is 18.9. The van der Waals surface area contributed by atoms with Gasteiger partial charge in [-0.2, -0.15) is 13.2 Å². The minimum Gasteiger partial charge on any atom is -0.325 e. The van der Waals surface area contributed by atoms with Gasteiger partial charge in [-0.05, 0) is 24.1 Å². The number of amides is 1. The molecule has 0 radical (unpaired) electrons. The van der Waals surface area contributed by atoms with Crippen LogP contribution in [-0.2, 0) is 23.8 Å². The number of aromatic nitrogens is 2. The van der Waals surface area contributed by atoms with Crippen molar-refractivity contribution >= 4 is 28.8 Å². The van der Waals surface area contributed by atoms with E-state index in [9.17, 15) is 18.0 Å². The number of hydrogen-bond donors (Lipinski definition) is 1. The molecule has 136 valence electrons. The number of imidazole rings is 1. The van der Waals surface area contributed by atoms with Gasteiger partial charge in [-0.25, -0.2) is 4.98 Å². The molecule has 0 saturated heterocycles. The molecule has 3 rings (SSSR count). The summed E-state index contributed by atoms with van der Waals surface area (Å²) < 4.78 is 39.8. The van der Waals surface area contributed by atoms with Crippen molar-refractivity contribution < 1.29 is 18.0 Å². The van der Waals surface area contributed by atoms with E-state index in [1.54, 1.807) is 6.07 Å². The van der Waals surface area contributed by atoms with Crippen molar-refractivity contribution in [2.24, 2.45) is 0 Å². The molecule has 26 heavy (non-hydrogen) atoms. The van der Waals surface area contributed by atoms with Crippen molar-refractivity contribution in [1.82, 2.24) is 9.38 Å². The summed E-state index contributed by atoms with van der Waals surface area (Å²) in [6.45, 7) is 1.98. The number of rotatable bonds is 4. The number of carbonyl (C=O) groups excluding carboxylic acids is 1. The smallest absolute Gasteiger partial charge is 0.325 e. The minimum absolute atomic E-state index is 0.0720. The average molecular weight is 382 g/mol. The number of fused-ring (bicyclic) bond motifs is 1. The lowest BCUT2D eigenvalue weighted by atomic mass is 10.1. The molecular formula is C18H15ClF3N3O. The third kappa shape index (κ3) is 3.83. The van der Waals surface area contributed by atoms with E-state index in [0.717, 1.165) is 24.2 Å². The van der Waals surface area contributed by atoms with Crippen molar-refractivity contribution in [2.75, 3.05) is 5.32 Å². The van der Waals surface area contributed by atoms with Gasteiger partial charge in [-0.3, -0.25) is 4.79 Å². The van der Waals surface area contributed by atoms with Crippen LogP contribution in [0.2, 0.25) is 5.02 Å². The highest BCUT2D eigenvalue weighted by Crippen LogP contribution is 2.32. The molecule has 0 aliphatic carbocycles. The van der Waals surface area contributed by atoms with Crippen molar-refractivity contribution in [3.63, 3.8) is 0 Å². The summed E-state index contributed by atoms with van der Waals surface area (Å²) in [5, 5.41) is 2.68. The van der Waals surface area contributed by atoms with Gasteiger partial charge in [0, 0.05) is 18.1 Å². The second-order valence-electron chi connectivity index (χ2n) is 5.77. The lowest BCUT2D eigenvalue weighted by molar-refractivity contribution is -0.137. The number of benzene rings is 1. The third-order valence-electron chi connectivity index (χ3n) is 3.90. The minimum atomic E-state index is -4.51. The van der Waals surface area contributed by atoms with Gasteiger partial charge >= 0.3 is 6.18 Å². The summed E-state index contributed by atoms with van der Waals surface area (Å²) in [4.78, 5) is 16.4. The SMILES string of the molecule is CCc1ccccc1NC(=O)Cc1cn2cc(C(F)(F)F)cc(Cl)c2n1. The Morgan fingerprint density at radius 1 is 1.27 bits per heavy atom. The Morgan fingerprint density at radius 2 is 2.00 bits per heavy atom. The fraction of sp³-hybridized carbons (Fsp3) is 0.222. The first-order chi connectivity index (χ1) is 12.3. The number of nitrogens with zero attached hydrogens (tertiary/aromatic N) is 2. The van der Waals surface area contributed by atoms with Crippen molar-refractivity contribution in [2.45, 2.75) is 25.9 Å². The van der Waals surface area contributed by atoms with E-state index in [1.165, 1.54) is 10.6 Å². The van der Waals surface area contributed by atoms with Crippen LogP contribution in [0, 0.1) is 0 Å². The maximum Gasteiger partial charge on any atom is 0.417 e. The summed E-state index contributed by atoms with van der Waals surface area (Å²) in [7, 11) is 0. The molecule has 2 heterocycles. The van der Waals surface area contributed by atoms with Crippen LogP contribution in [0.1, 0.15) is 23.7 Å². The van der Waals surface area contributed by atoms with E-state index in [4.69, 9.17) is 11.6 Å². The van der Waals surface area contributed by atoms with Gasteiger partial charge in [-0.1, -0.05) is 36.7 Å². The number of nitrogens with one attached hydrogen (secondary N) is 1. The maximum atomic E-state index is 12.9.